The van der Waals surface area contributed by atoms with E-state index in [4.69, 9.17) is 4.74 Å². The van der Waals surface area contributed by atoms with Crippen LogP contribution in [0.5, 0.6) is 5.75 Å². The Hall–Kier alpha value is -3.25. The van der Waals surface area contributed by atoms with Gasteiger partial charge in [-0.15, -0.1) is 0 Å². The maximum atomic E-state index is 13.7. The summed E-state index contributed by atoms with van der Waals surface area (Å²) in [6.07, 6.45) is 5.03. The Morgan fingerprint density at radius 2 is 1.86 bits per heavy atom. The molecule has 0 N–H and O–H groups in total. The quantitative estimate of drug-likeness (QED) is 0.492. The molecule has 5 nitrogen and oxygen atoms in total. The molecule has 1 atom stereocenters. The van der Waals surface area contributed by atoms with Gasteiger partial charge in [-0.2, -0.15) is 0 Å². The Labute approximate surface area is 206 Å². The van der Waals surface area contributed by atoms with E-state index in [1.165, 1.54) is 6.07 Å². The van der Waals surface area contributed by atoms with Crippen molar-refractivity contribution in [2.45, 2.75) is 44.9 Å². The first kappa shape index (κ1) is 23.5. The first-order valence-corrected chi connectivity index (χ1v) is 12.4. The minimum atomic E-state index is -0.293. The maximum Gasteiger partial charge on any atom is 0.228 e. The first-order chi connectivity index (χ1) is 17.0. The van der Waals surface area contributed by atoms with Gasteiger partial charge in [0.25, 0.3) is 0 Å². The summed E-state index contributed by atoms with van der Waals surface area (Å²) in [5.41, 5.74) is 2.71. The minimum absolute atomic E-state index is 0.122. The van der Waals surface area contributed by atoms with E-state index in [0.29, 0.717) is 13.0 Å². The SMILES string of the molecule is CN1C(=O)C2(CCN(Cc3ccccc3OCc3ccccn3)CC2)C[C@@H]1Cc1cccc(F)c1. The number of carbonyl (C=O) groups is 1. The number of likely N-dealkylation sites (N-methyl/N-ethyl adjacent to an activating group) is 1. The number of ether oxygens (including phenoxy) is 1. The number of para-hydroxylation sites is 1. The topological polar surface area (TPSA) is 45.7 Å². The molecule has 0 bridgehead atoms. The van der Waals surface area contributed by atoms with Gasteiger partial charge in [0.05, 0.1) is 11.1 Å². The number of nitrogens with zero attached hydrogens (tertiary/aromatic N) is 3. The van der Waals surface area contributed by atoms with Crippen LogP contribution in [0, 0.1) is 11.2 Å². The van der Waals surface area contributed by atoms with Crippen molar-refractivity contribution in [1.82, 2.24) is 14.8 Å². The smallest absolute Gasteiger partial charge is 0.228 e. The van der Waals surface area contributed by atoms with Crippen molar-refractivity contribution in [3.8, 4) is 5.75 Å². The van der Waals surface area contributed by atoms with Crippen molar-refractivity contribution < 1.29 is 13.9 Å². The van der Waals surface area contributed by atoms with Gasteiger partial charge in [-0.05, 0) is 74.7 Å². The summed E-state index contributed by atoms with van der Waals surface area (Å²) in [4.78, 5) is 22.0. The van der Waals surface area contributed by atoms with E-state index in [9.17, 15) is 9.18 Å². The number of hydrogen-bond donors (Lipinski definition) is 0. The summed E-state index contributed by atoms with van der Waals surface area (Å²) in [7, 11) is 1.91. The lowest BCUT2D eigenvalue weighted by molar-refractivity contribution is -0.137. The summed E-state index contributed by atoms with van der Waals surface area (Å²) < 4.78 is 19.7. The molecule has 2 aromatic carbocycles. The second kappa shape index (κ2) is 10.2. The molecule has 2 aliphatic rings. The van der Waals surface area contributed by atoms with E-state index in [-0.39, 0.29) is 23.2 Å². The predicted molar refractivity (Wildman–Crippen MR) is 133 cm³/mol. The van der Waals surface area contributed by atoms with Crippen LogP contribution in [-0.4, -0.2) is 46.9 Å². The molecule has 35 heavy (non-hydrogen) atoms. The molecule has 2 aliphatic heterocycles. The fraction of sp³-hybridized carbons (Fsp3) is 0.379. The summed E-state index contributed by atoms with van der Waals surface area (Å²) in [5.74, 6) is 0.907. The first-order valence-electron chi connectivity index (χ1n) is 12.4. The van der Waals surface area contributed by atoms with Gasteiger partial charge in [-0.25, -0.2) is 4.39 Å². The van der Waals surface area contributed by atoms with Gasteiger partial charge in [0, 0.05) is 31.4 Å². The fourth-order valence-corrected chi connectivity index (χ4v) is 5.57. The molecule has 0 saturated carbocycles. The van der Waals surface area contributed by atoms with Crippen molar-refractivity contribution in [1.29, 1.82) is 0 Å². The monoisotopic (exact) mass is 473 g/mol. The lowest BCUT2D eigenvalue weighted by Gasteiger charge is -2.38. The number of rotatable bonds is 7. The number of pyridine rings is 1. The highest BCUT2D eigenvalue weighted by molar-refractivity contribution is 5.85. The molecular weight excluding hydrogens is 441 g/mol. The van der Waals surface area contributed by atoms with Crippen LogP contribution in [0.1, 0.15) is 36.1 Å². The number of amides is 1. The highest BCUT2D eigenvalue weighted by atomic mass is 19.1. The zero-order valence-corrected chi connectivity index (χ0v) is 20.2. The standard InChI is InChI=1S/C29H32FN3O2/c1-32-26(18-22-7-6-9-24(30)17-22)19-29(28(32)34)12-15-33(16-13-29)20-23-8-2-3-11-27(23)35-21-25-10-4-5-14-31-25/h2-11,14,17,26H,12-13,15-16,18-21H2,1H3/t26-/m0/s1. The van der Waals surface area contributed by atoms with Gasteiger partial charge < -0.3 is 9.64 Å². The number of hydrogen-bond acceptors (Lipinski definition) is 4. The van der Waals surface area contributed by atoms with Crippen LogP contribution in [0.15, 0.2) is 72.9 Å². The molecule has 3 aromatic rings. The molecule has 2 saturated heterocycles. The Balaban J connectivity index is 1.19. The number of benzene rings is 2. The lowest BCUT2D eigenvalue weighted by Crippen LogP contribution is -2.43. The second-order valence-electron chi connectivity index (χ2n) is 9.88. The lowest BCUT2D eigenvalue weighted by atomic mass is 9.75. The largest absolute Gasteiger partial charge is 0.487 e. The molecule has 1 aromatic heterocycles. The molecule has 5 rings (SSSR count). The van der Waals surface area contributed by atoms with Crippen LogP contribution in [0.3, 0.4) is 0 Å². The van der Waals surface area contributed by atoms with Gasteiger partial charge in [0.15, 0.2) is 0 Å². The third-order valence-corrected chi connectivity index (χ3v) is 7.59. The zero-order chi connectivity index (χ0) is 24.3. The van der Waals surface area contributed by atoms with E-state index >= 15 is 0 Å². The van der Waals surface area contributed by atoms with Crippen LogP contribution in [-0.2, 0) is 24.4 Å². The van der Waals surface area contributed by atoms with Crippen LogP contribution in [0.4, 0.5) is 4.39 Å². The molecule has 0 unspecified atom stereocenters. The number of likely N-dealkylation sites (tertiary alicyclic amines) is 2. The van der Waals surface area contributed by atoms with Crippen LogP contribution < -0.4 is 4.74 Å². The summed E-state index contributed by atoms with van der Waals surface area (Å²) >= 11 is 0. The van der Waals surface area contributed by atoms with Crippen molar-refractivity contribution in [2.75, 3.05) is 20.1 Å². The van der Waals surface area contributed by atoms with E-state index in [1.54, 1.807) is 18.3 Å². The fourth-order valence-electron chi connectivity index (χ4n) is 5.57. The predicted octanol–water partition coefficient (Wildman–Crippen LogP) is 4.86. The van der Waals surface area contributed by atoms with Gasteiger partial charge >= 0.3 is 0 Å². The molecule has 182 valence electrons. The average Bonchev–Trinajstić information content (AvgIpc) is 3.10. The number of aromatic nitrogens is 1. The molecule has 3 heterocycles. The minimum Gasteiger partial charge on any atom is -0.487 e. The molecule has 6 heteroatoms. The molecular formula is C29H32FN3O2. The third kappa shape index (κ3) is 5.22. The van der Waals surface area contributed by atoms with Crippen molar-refractivity contribution in [3.05, 3.63) is 95.6 Å². The van der Waals surface area contributed by atoms with Crippen molar-refractivity contribution in [2.24, 2.45) is 5.41 Å². The Morgan fingerprint density at radius 3 is 2.63 bits per heavy atom. The van der Waals surface area contributed by atoms with Gasteiger partial charge in [-0.1, -0.05) is 36.4 Å². The third-order valence-electron chi connectivity index (χ3n) is 7.59. The van der Waals surface area contributed by atoms with Gasteiger partial charge in [0.2, 0.25) is 5.91 Å². The molecule has 1 spiro atoms. The summed E-state index contributed by atoms with van der Waals surface area (Å²) in [6.45, 7) is 2.99. The normalized spacial score (nSPS) is 19.9. The maximum absolute atomic E-state index is 13.7. The Kier molecular flexibility index (Phi) is 6.82. The number of halogens is 1. The van der Waals surface area contributed by atoms with Crippen LogP contribution >= 0.6 is 0 Å². The molecule has 1 amide bonds. The Bertz CT molecular complexity index is 1160. The average molecular weight is 474 g/mol. The van der Waals surface area contributed by atoms with Gasteiger partial charge in [-0.3, -0.25) is 14.7 Å². The molecule has 0 aliphatic carbocycles. The van der Waals surface area contributed by atoms with E-state index < -0.39 is 0 Å². The van der Waals surface area contributed by atoms with E-state index in [0.717, 1.165) is 61.5 Å². The van der Waals surface area contributed by atoms with Crippen molar-refractivity contribution in [3.63, 3.8) is 0 Å². The van der Waals surface area contributed by atoms with E-state index in [1.807, 2.05) is 54.4 Å². The summed E-state index contributed by atoms with van der Waals surface area (Å²) in [6, 6.07) is 20.8. The molecule has 0 radical (unpaired) electrons. The second-order valence-corrected chi connectivity index (χ2v) is 9.88. The Morgan fingerprint density at radius 1 is 1.06 bits per heavy atom. The van der Waals surface area contributed by atoms with E-state index in [2.05, 4.69) is 16.0 Å². The highest BCUT2D eigenvalue weighted by Crippen LogP contribution is 2.45. The highest BCUT2D eigenvalue weighted by Gasteiger charge is 2.51. The molecule has 2 fully saturated rings. The zero-order valence-electron chi connectivity index (χ0n) is 20.2. The van der Waals surface area contributed by atoms with Crippen LogP contribution in [0.25, 0.3) is 0 Å². The van der Waals surface area contributed by atoms with Crippen molar-refractivity contribution >= 4 is 5.91 Å². The van der Waals surface area contributed by atoms with Gasteiger partial charge in [0.1, 0.15) is 18.2 Å². The van der Waals surface area contributed by atoms with Crippen LogP contribution in [0.2, 0.25) is 0 Å². The number of carbonyl (C=O) groups excluding carboxylic acids is 1. The number of piperidine rings is 1. The summed E-state index contributed by atoms with van der Waals surface area (Å²) in [5, 5.41) is 0.